The summed E-state index contributed by atoms with van der Waals surface area (Å²) in [6, 6.07) is 15.5. The summed E-state index contributed by atoms with van der Waals surface area (Å²) in [5.74, 6) is 0.740. The lowest BCUT2D eigenvalue weighted by Gasteiger charge is -2.25. The van der Waals surface area contributed by atoms with Crippen LogP contribution >= 0.6 is 0 Å². The zero-order valence-electron chi connectivity index (χ0n) is 16.5. The van der Waals surface area contributed by atoms with Crippen molar-refractivity contribution < 1.29 is 14.3 Å². The molecule has 2 aromatic rings. The van der Waals surface area contributed by atoms with Crippen molar-refractivity contribution >= 4 is 17.5 Å². The largest absolute Gasteiger partial charge is 0.497 e. The number of anilines is 1. The number of carbonyl (C=O) groups is 2. The highest BCUT2D eigenvalue weighted by Gasteiger charge is 2.19. The maximum Gasteiger partial charge on any atom is 0.240 e. The average Bonchev–Trinajstić information content (AvgIpc) is 2.66. The first-order chi connectivity index (χ1) is 12.9. The van der Waals surface area contributed by atoms with Crippen molar-refractivity contribution in [3.63, 3.8) is 0 Å². The predicted molar refractivity (Wildman–Crippen MR) is 108 cm³/mol. The van der Waals surface area contributed by atoms with Crippen molar-refractivity contribution in [3.8, 4) is 5.75 Å². The molecule has 2 rings (SSSR count). The standard InChI is InChI=1S/C22H28N2O3/c1-16(2)20-10-5-6-11-21(20)24(17(3)25)15-22(26)23-13-12-18-8-7-9-19(14-18)27-4/h5-11,14,16H,12-13,15H2,1-4H3,(H,23,26). The van der Waals surface area contributed by atoms with E-state index in [-0.39, 0.29) is 24.3 Å². The van der Waals surface area contributed by atoms with Gasteiger partial charge in [0.05, 0.1) is 7.11 Å². The fourth-order valence-corrected chi connectivity index (χ4v) is 2.96. The fourth-order valence-electron chi connectivity index (χ4n) is 2.96. The van der Waals surface area contributed by atoms with E-state index in [1.165, 1.54) is 11.8 Å². The molecule has 5 nitrogen and oxygen atoms in total. The van der Waals surface area contributed by atoms with Gasteiger partial charge in [0.25, 0.3) is 0 Å². The highest BCUT2D eigenvalue weighted by molar-refractivity contribution is 5.98. The highest BCUT2D eigenvalue weighted by atomic mass is 16.5. The molecule has 0 aliphatic heterocycles. The van der Waals surface area contributed by atoms with Crippen molar-refractivity contribution in [2.45, 2.75) is 33.1 Å². The summed E-state index contributed by atoms with van der Waals surface area (Å²) < 4.78 is 5.21. The van der Waals surface area contributed by atoms with E-state index in [0.717, 1.165) is 22.6 Å². The van der Waals surface area contributed by atoms with Gasteiger partial charge in [-0.05, 0) is 41.7 Å². The van der Waals surface area contributed by atoms with Crippen LogP contribution < -0.4 is 15.0 Å². The van der Waals surface area contributed by atoms with Gasteiger partial charge in [0.15, 0.2) is 0 Å². The van der Waals surface area contributed by atoms with Crippen LogP contribution in [0.1, 0.15) is 37.8 Å². The van der Waals surface area contributed by atoms with E-state index >= 15 is 0 Å². The number of nitrogens with zero attached hydrogens (tertiary/aromatic N) is 1. The van der Waals surface area contributed by atoms with Crippen LogP contribution in [0.3, 0.4) is 0 Å². The summed E-state index contributed by atoms with van der Waals surface area (Å²) in [5, 5.41) is 2.90. The van der Waals surface area contributed by atoms with Gasteiger partial charge < -0.3 is 15.0 Å². The van der Waals surface area contributed by atoms with E-state index in [1.54, 1.807) is 7.11 Å². The van der Waals surface area contributed by atoms with Crippen LogP contribution in [0.25, 0.3) is 0 Å². The molecule has 2 aromatic carbocycles. The van der Waals surface area contributed by atoms with Gasteiger partial charge in [0.1, 0.15) is 12.3 Å². The Labute approximate surface area is 161 Å². The van der Waals surface area contributed by atoms with Gasteiger partial charge in [0.2, 0.25) is 11.8 Å². The molecule has 0 unspecified atom stereocenters. The van der Waals surface area contributed by atoms with E-state index in [4.69, 9.17) is 4.74 Å². The van der Waals surface area contributed by atoms with Crippen molar-refractivity contribution in [2.24, 2.45) is 0 Å². The Bertz CT molecular complexity index is 787. The molecule has 5 heteroatoms. The molecular formula is C22H28N2O3. The van der Waals surface area contributed by atoms with Crippen LogP contribution in [-0.2, 0) is 16.0 Å². The summed E-state index contributed by atoms with van der Waals surface area (Å²) in [5.41, 5.74) is 2.93. The van der Waals surface area contributed by atoms with Crippen LogP contribution in [0.4, 0.5) is 5.69 Å². The van der Waals surface area contributed by atoms with Crippen LogP contribution in [-0.4, -0.2) is 32.0 Å². The lowest BCUT2D eigenvalue weighted by atomic mass is 10.0. The summed E-state index contributed by atoms with van der Waals surface area (Å²) >= 11 is 0. The smallest absolute Gasteiger partial charge is 0.240 e. The van der Waals surface area contributed by atoms with E-state index in [9.17, 15) is 9.59 Å². The molecule has 27 heavy (non-hydrogen) atoms. The molecule has 0 atom stereocenters. The quantitative estimate of drug-likeness (QED) is 0.775. The Morgan fingerprint density at radius 1 is 1.11 bits per heavy atom. The number of rotatable bonds is 8. The first-order valence-corrected chi connectivity index (χ1v) is 9.19. The Hall–Kier alpha value is -2.82. The van der Waals surface area contributed by atoms with Crippen molar-refractivity contribution in [1.82, 2.24) is 5.32 Å². The number of benzene rings is 2. The number of nitrogens with one attached hydrogen (secondary N) is 1. The Kier molecular flexibility index (Phi) is 7.41. The topological polar surface area (TPSA) is 58.6 Å². The minimum atomic E-state index is -0.174. The summed E-state index contributed by atoms with van der Waals surface area (Å²) in [6.07, 6.45) is 0.700. The molecule has 0 saturated carbocycles. The second kappa shape index (κ2) is 9.76. The van der Waals surface area contributed by atoms with Crippen LogP contribution in [0, 0.1) is 0 Å². The number of para-hydroxylation sites is 1. The van der Waals surface area contributed by atoms with Crippen LogP contribution in [0.5, 0.6) is 5.75 Å². The van der Waals surface area contributed by atoms with Gasteiger partial charge in [0, 0.05) is 19.2 Å². The lowest BCUT2D eigenvalue weighted by molar-refractivity contribution is -0.123. The van der Waals surface area contributed by atoms with E-state index < -0.39 is 0 Å². The van der Waals surface area contributed by atoms with Gasteiger partial charge >= 0.3 is 0 Å². The van der Waals surface area contributed by atoms with Gasteiger partial charge in [-0.2, -0.15) is 0 Å². The van der Waals surface area contributed by atoms with E-state index in [1.807, 2.05) is 48.5 Å². The number of ether oxygens (including phenoxy) is 1. The number of methoxy groups -OCH3 is 1. The summed E-state index contributed by atoms with van der Waals surface area (Å²) in [7, 11) is 1.63. The minimum absolute atomic E-state index is 0.0111. The first kappa shape index (κ1) is 20.5. The fraction of sp³-hybridized carbons (Fsp3) is 0.364. The second-order valence-electron chi connectivity index (χ2n) is 6.77. The van der Waals surface area contributed by atoms with Crippen molar-refractivity contribution in [3.05, 3.63) is 59.7 Å². The molecule has 0 radical (unpaired) electrons. The van der Waals surface area contributed by atoms with Crippen molar-refractivity contribution in [1.29, 1.82) is 0 Å². The lowest BCUT2D eigenvalue weighted by Crippen LogP contribution is -2.40. The molecule has 144 valence electrons. The monoisotopic (exact) mass is 368 g/mol. The molecule has 0 spiro atoms. The van der Waals surface area contributed by atoms with Crippen LogP contribution in [0.15, 0.2) is 48.5 Å². The molecule has 0 aliphatic rings. The summed E-state index contributed by atoms with van der Waals surface area (Å²) in [4.78, 5) is 26.1. The van der Waals surface area contributed by atoms with Gasteiger partial charge in [-0.3, -0.25) is 9.59 Å². The zero-order valence-corrected chi connectivity index (χ0v) is 16.5. The Morgan fingerprint density at radius 3 is 2.52 bits per heavy atom. The molecule has 0 fully saturated rings. The minimum Gasteiger partial charge on any atom is -0.497 e. The number of amides is 2. The number of hydrogen-bond acceptors (Lipinski definition) is 3. The SMILES string of the molecule is COc1cccc(CCNC(=O)CN(C(C)=O)c2ccccc2C(C)C)c1. The maximum absolute atomic E-state index is 12.4. The normalized spacial score (nSPS) is 10.6. The molecule has 0 bridgehead atoms. The molecular weight excluding hydrogens is 340 g/mol. The maximum atomic E-state index is 12.4. The molecule has 0 saturated heterocycles. The van der Waals surface area contributed by atoms with Gasteiger partial charge in [-0.25, -0.2) is 0 Å². The van der Waals surface area contributed by atoms with Gasteiger partial charge in [-0.15, -0.1) is 0 Å². The van der Waals surface area contributed by atoms with Gasteiger partial charge in [-0.1, -0.05) is 44.2 Å². The summed E-state index contributed by atoms with van der Waals surface area (Å²) in [6.45, 7) is 6.15. The molecule has 0 heterocycles. The highest BCUT2D eigenvalue weighted by Crippen LogP contribution is 2.27. The van der Waals surface area contributed by atoms with Crippen molar-refractivity contribution in [2.75, 3.05) is 25.1 Å². The third-order valence-corrected chi connectivity index (χ3v) is 4.40. The predicted octanol–water partition coefficient (Wildman–Crippen LogP) is 3.53. The molecule has 2 amide bonds. The Morgan fingerprint density at radius 2 is 1.85 bits per heavy atom. The number of hydrogen-bond donors (Lipinski definition) is 1. The van der Waals surface area contributed by atoms with E-state index in [0.29, 0.717) is 13.0 Å². The molecule has 1 N–H and O–H groups in total. The second-order valence-corrected chi connectivity index (χ2v) is 6.77. The van der Waals surface area contributed by atoms with E-state index in [2.05, 4.69) is 19.2 Å². The zero-order chi connectivity index (χ0) is 19.8. The first-order valence-electron chi connectivity index (χ1n) is 9.19. The average molecular weight is 368 g/mol. The third kappa shape index (κ3) is 5.84. The third-order valence-electron chi connectivity index (χ3n) is 4.40. The van der Waals surface area contributed by atoms with Crippen LogP contribution in [0.2, 0.25) is 0 Å². The number of carbonyl (C=O) groups excluding carboxylic acids is 2. The Balaban J connectivity index is 1.98. The molecule has 0 aromatic heterocycles. The molecule has 0 aliphatic carbocycles.